The number of phenols is 1. The molecule has 0 bridgehead atoms. The Kier molecular flexibility index (Phi) is 4.69. The lowest BCUT2D eigenvalue weighted by molar-refractivity contribution is 0.458. The van der Waals surface area contributed by atoms with Crippen LogP contribution >= 0.6 is 23.2 Å². The third-order valence-corrected chi connectivity index (χ3v) is 5.50. The number of aromatic nitrogens is 2. The zero-order valence-electron chi connectivity index (χ0n) is 12.3. The molecule has 1 aromatic heterocycles. The van der Waals surface area contributed by atoms with Gasteiger partial charge >= 0.3 is 0 Å². The van der Waals surface area contributed by atoms with Crippen LogP contribution in [-0.2, 0) is 16.6 Å². The van der Waals surface area contributed by atoms with Crippen LogP contribution in [0.3, 0.4) is 0 Å². The lowest BCUT2D eigenvalue weighted by Crippen LogP contribution is -2.27. The van der Waals surface area contributed by atoms with E-state index in [1.807, 2.05) is 10.6 Å². The maximum atomic E-state index is 12.3. The molecule has 3 rings (SSSR count). The van der Waals surface area contributed by atoms with E-state index < -0.39 is 15.8 Å². The van der Waals surface area contributed by atoms with Crippen LogP contribution in [0.25, 0.3) is 11.0 Å². The first-order valence-electron chi connectivity index (χ1n) is 6.96. The highest BCUT2D eigenvalue weighted by Crippen LogP contribution is 2.30. The fraction of sp³-hybridized carbons (Fsp3) is 0.133. The van der Waals surface area contributed by atoms with Gasteiger partial charge < -0.3 is 9.67 Å². The number of hydrogen-bond acceptors (Lipinski definition) is 4. The Bertz CT molecular complexity index is 1000. The van der Waals surface area contributed by atoms with Crippen LogP contribution in [0.4, 0.5) is 0 Å². The highest BCUT2D eigenvalue weighted by Gasteiger charge is 2.19. The van der Waals surface area contributed by atoms with Crippen LogP contribution in [0.5, 0.6) is 5.75 Å². The Hall–Kier alpha value is -1.80. The second-order valence-electron chi connectivity index (χ2n) is 5.06. The van der Waals surface area contributed by atoms with E-state index in [1.165, 1.54) is 18.2 Å². The molecular weight excluding hydrogens is 373 g/mol. The van der Waals surface area contributed by atoms with Crippen molar-refractivity contribution in [2.24, 2.45) is 0 Å². The molecule has 0 saturated carbocycles. The van der Waals surface area contributed by atoms with Gasteiger partial charge in [0.2, 0.25) is 10.0 Å². The molecule has 0 unspecified atom stereocenters. The third-order valence-electron chi connectivity index (χ3n) is 3.47. The van der Waals surface area contributed by atoms with Gasteiger partial charge in [-0.05, 0) is 30.3 Å². The highest BCUT2D eigenvalue weighted by atomic mass is 35.5. The van der Waals surface area contributed by atoms with E-state index in [4.69, 9.17) is 23.2 Å². The maximum Gasteiger partial charge on any atom is 0.244 e. The van der Waals surface area contributed by atoms with E-state index in [-0.39, 0.29) is 16.5 Å². The first-order chi connectivity index (χ1) is 11.4. The fourth-order valence-corrected chi connectivity index (χ4v) is 3.84. The summed E-state index contributed by atoms with van der Waals surface area (Å²) in [5, 5.41) is 10.4. The molecule has 3 aromatic rings. The van der Waals surface area contributed by atoms with Gasteiger partial charge in [0, 0.05) is 18.1 Å². The number of phenolic OH excluding ortho intramolecular Hbond substituents is 1. The molecule has 0 aliphatic heterocycles. The smallest absolute Gasteiger partial charge is 0.244 e. The second-order valence-corrected chi connectivity index (χ2v) is 7.63. The lowest BCUT2D eigenvalue weighted by atomic mass is 10.3. The second kappa shape index (κ2) is 6.60. The van der Waals surface area contributed by atoms with Crippen LogP contribution in [0.1, 0.15) is 0 Å². The predicted molar refractivity (Wildman–Crippen MR) is 93.0 cm³/mol. The number of aromatic hydroxyl groups is 1. The third kappa shape index (κ3) is 3.34. The Morgan fingerprint density at radius 1 is 1.21 bits per heavy atom. The van der Waals surface area contributed by atoms with E-state index in [1.54, 1.807) is 18.5 Å². The van der Waals surface area contributed by atoms with Crippen molar-refractivity contribution in [1.82, 2.24) is 14.3 Å². The number of para-hydroxylation sites is 1. The van der Waals surface area contributed by atoms with Gasteiger partial charge in [0.25, 0.3) is 0 Å². The van der Waals surface area contributed by atoms with Crippen molar-refractivity contribution in [1.29, 1.82) is 0 Å². The van der Waals surface area contributed by atoms with Crippen molar-refractivity contribution in [3.8, 4) is 5.75 Å². The SMILES string of the molecule is O=S(=O)(NCCn1cnc2cc(Cl)ccc21)c1cccc(Cl)c1O. The molecule has 0 amide bonds. The molecule has 24 heavy (non-hydrogen) atoms. The van der Waals surface area contributed by atoms with E-state index in [9.17, 15) is 13.5 Å². The van der Waals surface area contributed by atoms with Crippen LogP contribution in [0.2, 0.25) is 10.0 Å². The first kappa shape index (κ1) is 17.0. The summed E-state index contributed by atoms with van der Waals surface area (Å²) in [6, 6.07) is 9.47. The number of benzene rings is 2. The summed E-state index contributed by atoms with van der Waals surface area (Å²) < 4.78 is 28.8. The number of hydrogen-bond donors (Lipinski definition) is 2. The van der Waals surface area contributed by atoms with Crippen molar-refractivity contribution >= 4 is 44.3 Å². The number of imidazole rings is 1. The molecule has 1 heterocycles. The monoisotopic (exact) mass is 385 g/mol. The van der Waals surface area contributed by atoms with Gasteiger partial charge in [0.05, 0.1) is 22.4 Å². The van der Waals surface area contributed by atoms with E-state index in [0.29, 0.717) is 11.6 Å². The van der Waals surface area contributed by atoms with Gasteiger partial charge in [-0.15, -0.1) is 0 Å². The van der Waals surface area contributed by atoms with Crippen LogP contribution < -0.4 is 4.72 Å². The van der Waals surface area contributed by atoms with Crippen molar-refractivity contribution in [3.05, 3.63) is 52.8 Å². The molecule has 0 fully saturated rings. The fourth-order valence-electron chi connectivity index (χ4n) is 2.31. The summed E-state index contributed by atoms with van der Waals surface area (Å²) in [6.45, 7) is 0.501. The Morgan fingerprint density at radius 2 is 2.00 bits per heavy atom. The molecule has 0 saturated heterocycles. The first-order valence-corrected chi connectivity index (χ1v) is 9.20. The van der Waals surface area contributed by atoms with Crippen molar-refractivity contribution in [2.45, 2.75) is 11.4 Å². The Morgan fingerprint density at radius 3 is 2.79 bits per heavy atom. The van der Waals surface area contributed by atoms with E-state index >= 15 is 0 Å². The molecule has 0 spiro atoms. The summed E-state index contributed by atoms with van der Waals surface area (Å²) in [7, 11) is -3.87. The van der Waals surface area contributed by atoms with Gasteiger partial charge in [-0.25, -0.2) is 18.1 Å². The average molecular weight is 386 g/mol. The predicted octanol–water partition coefficient (Wildman–Crippen LogP) is 3.03. The summed E-state index contributed by atoms with van der Waals surface area (Å²) in [5.74, 6) is -0.464. The number of rotatable bonds is 5. The normalized spacial score (nSPS) is 11.9. The van der Waals surface area contributed by atoms with Crippen molar-refractivity contribution in [2.75, 3.05) is 6.54 Å². The molecule has 0 aliphatic rings. The summed E-state index contributed by atoms with van der Waals surface area (Å²) in [4.78, 5) is 3.97. The number of fused-ring (bicyclic) bond motifs is 1. The molecule has 0 atom stereocenters. The van der Waals surface area contributed by atoms with E-state index in [2.05, 4.69) is 9.71 Å². The summed E-state index contributed by atoms with van der Waals surface area (Å²) in [5.41, 5.74) is 1.59. The average Bonchev–Trinajstić information content (AvgIpc) is 2.92. The van der Waals surface area contributed by atoms with Gasteiger partial charge in [-0.2, -0.15) is 0 Å². The minimum atomic E-state index is -3.87. The highest BCUT2D eigenvalue weighted by molar-refractivity contribution is 7.89. The van der Waals surface area contributed by atoms with Crippen molar-refractivity contribution in [3.63, 3.8) is 0 Å². The Balaban J connectivity index is 1.74. The summed E-state index contributed by atoms with van der Waals surface area (Å²) in [6.07, 6.45) is 1.62. The molecular formula is C15H13Cl2N3O3S. The van der Waals surface area contributed by atoms with E-state index in [0.717, 1.165) is 11.0 Å². The standard InChI is InChI=1S/C15H13Cl2N3O3S/c16-10-4-5-13-12(8-10)18-9-20(13)7-6-19-24(22,23)14-3-1-2-11(17)15(14)21/h1-5,8-9,19,21H,6-7H2. The molecule has 2 aromatic carbocycles. The number of nitrogens with one attached hydrogen (secondary N) is 1. The molecule has 6 nitrogen and oxygen atoms in total. The van der Waals surface area contributed by atoms with Crippen LogP contribution in [0.15, 0.2) is 47.6 Å². The Labute approximate surface area is 148 Å². The zero-order chi connectivity index (χ0) is 17.3. The molecule has 126 valence electrons. The van der Waals surface area contributed by atoms with Gasteiger partial charge in [0.15, 0.2) is 5.75 Å². The number of halogens is 2. The van der Waals surface area contributed by atoms with Gasteiger partial charge in [-0.1, -0.05) is 29.3 Å². The maximum absolute atomic E-state index is 12.3. The minimum Gasteiger partial charge on any atom is -0.505 e. The number of nitrogens with zero attached hydrogens (tertiary/aromatic N) is 2. The quantitative estimate of drug-likeness (QED) is 0.706. The van der Waals surface area contributed by atoms with Crippen molar-refractivity contribution < 1.29 is 13.5 Å². The van der Waals surface area contributed by atoms with Crippen LogP contribution in [-0.4, -0.2) is 29.6 Å². The van der Waals surface area contributed by atoms with Gasteiger partial charge in [-0.3, -0.25) is 0 Å². The molecule has 2 N–H and O–H groups in total. The minimum absolute atomic E-state index is 0.0182. The molecule has 0 radical (unpaired) electrons. The van der Waals surface area contributed by atoms with Gasteiger partial charge in [0.1, 0.15) is 4.90 Å². The lowest BCUT2D eigenvalue weighted by Gasteiger charge is -2.10. The molecule has 9 heteroatoms. The topological polar surface area (TPSA) is 84.2 Å². The molecule has 0 aliphatic carbocycles. The zero-order valence-corrected chi connectivity index (χ0v) is 14.6. The van der Waals surface area contributed by atoms with Crippen LogP contribution in [0, 0.1) is 0 Å². The largest absolute Gasteiger partial charge is 0.505 e. The summed E-state index contributed by atoms with van der Waals surface area (Å²) >= 11 is 11.7. The number of sulfonamides is 1.